The van der Waals surface area contributed by atoms with Crippen molar-refractivity contribution in [1.82, 2.24) is 10.6 Å². The Morgan fingerprint density at radius 3 is 1.97 bits per heavy atom. The van der Waals surface area contributed by atoms with Gasteiger partial charge in [-0.05, 0) is 6.92 Å². The van der Waals surface area contributed by atoms with Gasteiger partial charge < -0.3 is 65.0 Å². The summed E-state index contributed by atoms with van der Waals surface area (Å²) in [7, 11) is 0. The second-order valence-electron chi connectivity index (χ2n) is 8.07. The summed E-state index contributed by atoms with van der Waals surface area (Å²) in [6.45, 7) is 1.89. The lowest BCUT2D eigenvalue weighted by molar-refractivity contribution is -0.343. The molecule has 0 saturated carbocycles. The molecule has 15 nitrogen and oxygen atoms in total. The fourth-order valence-corrected chi connectivity index (χ4v) is 3.81. The average Bonchev–Trinajstić information content (AvgIpc) is 2.76. The highest BCUT2D eigenvalue weighted by atomic mass is 16.7. The molecule has 0 unspecified atom stereocenters. The zero-order valence-electron chi connectivity index (χ0n) is 18.8. The monoisotopic (exact) mass is 495 g/mol. The van der Waals surface area contributed by atoms with Crippen LogP contribution in [0.15, 0.2) is 0 Å². The van der Waals surface area contributed by atoms with Gasteiger partial charge in [0.25, 0.3) is 0 Å². The van der Waals surface area contributed by atoms with E-state index in [0.29, 0.717) is 0 Å². The number of carbonyl (C=O) groups is 3. The molecule has 15 heteroatoms. The third-order valence-electron chi connectivity index (χ3n) is 5.45. The van der Waals surface area contributed by atoms with E-state index in [2.05, 4.69) is 10.6 Å². The predicted molar refractivity (Wildman–Crippen MR) is 105 cm³/mol. The van der Waals surface area contributed by atoms with Gasteiger partial charge in [-0.3, -0.25) is 9.59 Å². The van der Waals surface area contributed by atoms with E-state index in [1.54, 1.807) is 0 Å². The number of ether oxygens (including phenoxy) is 4. The van der Waals surface area contributed by atoms with E-state index in [1.807, 2.05) is 0 Å². The minimum atomic E-state index is -1.74. The highest BCUT2D eigenvalue weighted by Gasteiger charge is 2.52. The molecule has 0 radical (unpaired) electrons. The first kappa shape index (κ1) is 28.3. The van der Waals surface area contributed by atoms with E-state index in [4.69, 9.17) is 18.9 Å². The first-order valence-corrected chi connectivity index (χ1v) is 10.5. The van der Waals surface area contributed by atoms with Crippen LogP contribution < -0.4 is 15.7 Å². The molecule has 0 aromatic heterocycles. The van der Waals surface area contributed by atoms with Crippen LogP contribution in [-0.2, 0) is 33.3 Å². The summed E-state index contributed by atoms with van der Waals surface area (Å²) in [6.07, 6.45) is -13.7. The first-order valence-electron chi connectivity index (χ1n) is 10.5. The van der Waals surface area contributed by atoms with E-state index in [1.165, 1.54) is 0 Å². The maximum Gasteiger partial charge on any atom is 0.217 e. The van der Waals surface area contributed by atoms with Gasteiger partial charge >= 0.3 is 0 Å². The van der Waals surface area contributed by atoms with Crippen LogP contribution in [0.5, 0.6) is 0 Å². The van der Waals surface area contributed by atoms with Gasteiger partial charge in [-0.25, -0.2) is 0 Å². The minimum Gasteiger partial charge on any atom is -0.547 e. The Kier molecular flexibility index (Phi) is 10.1. The molecular weight excluding hydrogens is 464 g/mol. The number of rotatable bonds is 9. The van der Waals surface area contributed by atoms with Crippen molar-refractivity contribution in [2.75, 3.05) is 13.2 Å². The molecule has 34 heavy (non-hydrogen) atoms. The molecule has 0 aromatic carbocycles. The summed E-state index contributed by atoms with van der Waals surface area (Å²) in [5.41, 5.74) is 0. The van der Waals surface area contributed by atoms with Gasteiger partial charge in [0.1, 0.15) is 48.7 Å². The molecule has 0 aromatic rings. The normalized spacial score (nSPS) is 39.2. The number of hydrogen-bond acceptors (Lipinski definition) is 13. The molecule has 2 aliphatic rings. The predicted octanol–water partition coefficient (Wildman–Crippen LogP) is -5.95. The zero-order valence-corrected chi connectivity index (χ0v) is 18.8. The lowest BCUT2D eigenvalue weighted by atomic mass is 9.94. The minimum absolute atomic E-state index is 0.626. The van der Waals surface area contributed by atoms with Crippen LogP contribution in [0.1, 0.15) is 20.8 Å². The highest BCUT2D eigenvalue weighted by molar-refractivity contribution is 5.73. The number of hydrogen-bond donors (Lipinski definition) is 7. The Balaban J connectivity index is 2.44. The molecule has 2 heterocycles. The Morgan fingerprint density at radius 2 is 1.47 bits per heavy atom. The van der Waals surface area contributed by atoms with Crippen LogP contribution in [-0.4, -0.2) is 124 Å². The van der Waals surface area contributed by atoms with Gasteiger partial charge in [0.15, 0.2) is 12.6 Å². The quantitative estimate of drug-likeness (QED) is 0.158. The molecule has 2 fully saturated rings. The summed E-state index contributed by atoms with van der Waals surface area (Å²) in [4.78, 5) is 34.7. The third kappa shape index (κ3) is 6.59. The van der Waals surface area contributed by atoms with E-state index in [-0.39, 0.29) is 0 Å². The third-order valence-corrected chi connectivity index (χ3v) is 5.45. The summed E-state index contributed by atoms with van der Waals surface area (Å²) >= 11 is 0. The van der Waals surface area contributed by atoms with E-state index >= 15 is 0 Å². The summed E-state index contributed by atoms with van der Waals surface area (Å²) in [5, 5.41) is 66.3. The molecule has 7 N–H and O–H groups in total. The molecule has 2 rings (SSSR count). The molecule has 2 saturated heterocycles. The molecule has 196 valence electrons. The summed E-state index contributed by atoms with van der Waals surface area (Å²) < 4.78 is 22.1. The SMILES string of the molecule is CC(=O)N[C@@H]1[C@@H](O[C@H](C)C(=O)[O-])[C@H](O[C@H]2O[C@H](CO)[C@@H](O)[C@H](O)[C@H]2NC(C)=O)[C@@H](CO)O[C@@H]1O. The maximum atomic E-state index is 11.7. The number of carboxylic acid groups (broad SMARTS) is 1. The lowest BCUT2D eigenvalue weighted by Crippen LogP contribution is -2.69. The number of aliphatic hydroxyl groups excluding tert-OH is 5. The van der Waals surface area contributed by atoms with Crippen molar-refractivity contribution >= 4 is 17.8 Å². The van der Waals surface area contributed by atoms with Crippen molar-refractivity contribution < 1.29 is 64.0 Å². The first-order chi connectivity index (χ1) is 15.9. The Hall–Kier alpha value is -1.95. The molecule has 11 atom stereocenters. The van der Waals surface area contributed by atoms with Crippen LogP contribution in [0.2, 0.25) is 0 Å². The van der Waals surface area contributed by atoms with Crippen LogP contribution in [0.4, 0.5) is 0 Å². The largest absolute Gasteiger partial charge is 0.547 e. The zero-order chi connectivity index (χ0) is 25.7. The van der Waals surface area contributed by atoms with Gasteiger partial charge in [0.2, 0.25) is 11.8 Å². The van der Waals surface area contributed by atoms with Crippen LogP contribution in [0.3, 0.4) is 0 Å². The number of aliphatic hydroxyl groups is 5. The number of nitrogens with one attached hydrogen (secondary N) is 2. The van der Waals surface area contributed by atoms with Crippen LogP contribution in [0.25, 0.3) is 0 Å². The van der Waals surface area contributed by atoms with E-state index in [9.17, 15) is 45.0 Å². The lowest BCUT2D eigenvalue weighted by Gasteiger charge is -2.48. The van der Waals surface area contributed by atoms with Crippen molar-refractivity contribution in [3.05, 3.63) is 0 Å². The number of aliphatic carboxylic acids is 1. The van der Waals surface area contributed by atoms with E-state index < -0.39 is 98.4 Å². The smallest absolute Gasteiger partial charge is 0.217 e. The number of carboxylic acids is 1. The van der Waals surface area contributed by atoms with Gasteiger partial charge in [0.05, 0.1) is 25.3 Å². The molecule has 2 aliphatic heterocycles. The summed E-state index contributed by atoms with van der Waals surface area (Å²) in [5.74, 6) is -2.88. The molecule has 0 bridgehead atoms. The average molecular weight is 495 g/mol. The van der Waals surface area contributed by atoms with Crippen LogP contribution in [0, 0.1) is 0 Å². The second-order valence-corrected chi connectivity index (χ2v) is 8.07. The molecule has 2 amide bonds. The van der Waals surface area contributed by atoms with Crippen molar-refractivity contribution in [2.45, 2.75) is 88.2 Å². The topological polar surface area (TPSA) is 236 Å². The van der Waals surface area contributed by atoms with E-state index in [0.717, 1.165) is 20.8 Å². The molecule has 0 aliphatic carbocycles. The van der Waals surface area contributed by atoms with Crippen molar-refractivity contribution in [1.29, 1.82) is 0 Å². The van der Waals surface area contributed by atoms with Gasteiger partial charge in [-0.1, -0.05) is 0 Å². The molecule has 0 spiro atoms. The van der Waals surface area contributed by atoms with Crippen molar-refractivity contribution in [3.63, 3.8) is 0 Å². The van der Waals surface area contributed by atoms with Crippen LogP contribution >= 0.6 is 0 Å². The fourth-order valence-electron chi connectivity index (χ4n) is 3.81. The summed E-state index contributed by atoms with van der Waals surface area (Å²) in [6, 6.07) is -2.75. The Bertz CT molecular complexity index is 724. The van der Waals surface area contributed by atoms with Crippen molar-refractivity contribution in [3.8, 4) is 0 Å². The Morgan fingerprint density at radius 1 is 0.912 bits per heavy atom. The highest BCUT2D eigenvalue weighted by Crippen LogP contribution is 2.30. The van der Waals surface area contributed by atoms with Gasteiger partial charge in [-0.15, -0.1) is 0 Å². The molecular formula is C19H31N2O13-. The van der Waals surface area contributed by atoms with Gasteiger partial charge in [0, 0.05) is 13.8 Å². The standard InChI is InChI=1S/C19H32N2O13/c1-6(17(28)29)31-16-12(21-8(3)25)18(30)32-10(5-23)15(16)34-19-11(20-7(2)24)14(27)13(26)9(4-22)33-19/h6,9-16,18-19,22-23,26-27,30H,4-5H2,1-3H3,(H,20,24)(H,21,25)(H,28,29)/p-1/t6-,9-,10-,11-,12-,13-,14-,15-,16-,18+,19-/m1/s1. The maximum absolute atomic E-state index is 11.7. The van der Waals surface area contributed by atoms with Gasteiger partial charge in [-0.2, -0.15) is 0 Å². The number of carbonyl (C=O) groups excluding carboxylic acids is 3. The second kappa shape index (κ2) is 12.1. The Labute approximate surface area is 194 Å². The van der Waals surface area contributed by atoms with Crippen molar-refractivity contribution in [2.24, 2.45) is 0 Å². The fraction of sp³-hybridized carbons (Fsp3) is 0.842. The number of amides is 2.